The van der Waals surface area contributed by atoms with Gasteiger partial charge < -0.3 is 16.0 Å². The van der Waals surface area contributed by atoms with Gasteiger partial charge in [0, 0.05) is 37.2 Å². The Balaban J connectivity index is 1.52. The van der Waals surface area contributed by atoms with Crippen LogP contribution in [0, 0.1) is 5.92 Å². The van der Waals surface area contributed by atoms with Crippen LogP contribution in [-0.2, 0) is 14.8 Å². The molecule has 0 spiro atoms. The Morgan fingerprint density at radius 1 is 0.971 bits per heavy atom. The molecule has 8 nitrogen and oxygen atoms in total. The molecular weight excluding hydrogens is 452 g/mol. The molecule has 2 fully saturated rings. The summed E-state index contributed by atoms with van der Waals surface area (Å²) in [6.45, 7) is 3.76. The zero-order valence-corrected chi connectivity index (χ0v) is 20.3. The highest BCUT2D eigenvalue weighted by molar-refractivity contribution is 7.89. The highest BCUT2D eigenvalue weighted by atomic mass is 32.2. The Bertz CT molecular complexity index is 1160. The number of amides is 2. The van der Waals surface area contributed by atoms with E-state index in [-0.39, 0.29) is 34.2 Å². The monoisotopic (exact) mass is 484 g/mol. The second-order valence-electron chi connectivity index (χ2n) is 9.12. The Morgan fingerprint density at radius 2 is 1.71 bits per heavy atom. The molecule has 2 aliphatic rings. The Morgan fingerprint density at radius 3 is 2.41 bits per heavy atom. The van der Waals surface area contributed by atoms with E-state index in [0.29, 0.717) is 38.2 Å². The molecule has 1 unspecified atom stereocenters. The van der Waals surface area contributed by atoms with Crippen molar-refractivity contribution in [2.45, 2.75) is 50.0 Å². The number of nitrogens with two attached hydrogens (primary N) is 1. The van der Waals surface area contributed by atoms with Crippen molar-refractivity contribution in [2.24, 2.45) is 11.7 Å². The first-order valence-electron chi connectivity index (χ1n) is 11.8. The van der Waals surface area contributed by atoms with E-state index in [9.17, 15) is 18.0 Å². The summed E-state index contributed by atoms with van der Waals surface area (Å²) in [4.78, 5) is 26.9. The van der Waals surface area contributed by atoms with Gasteiger partial charge in [-0.25, -0.2) is 8.42 Å². The molecule has 2 aliphatic heterocycles. The zero-order chi connectivity index (χ0) is 24.3. The molecule has 3 N–H and O–H groups in total. The number of para-hydroxylation sites is 2. The largest absolute Gasteiger partial charge is 0.370 e. The summed E-state index contributed by atoms with van der Waals surface area (Å²) >= 11 is 0. The van der Waals surface area contributed by atoms with Crippen molar-refractivity contribution in [1.29, 1.82) is 0 Å². The van der Waals surface area contributed by atoms with Crippen LogP contribution in [0.3, 0.4) is 0 Å². The van der Waals surface area contributed by atoms with Crippen LogP contribution in [0.1, 0.15) is 49.4 Å². The third kappa shape index (κ3) is 5.10. The Kier molecular flexibility index (Phi) is 7.23. The number of rotatable bonds is 6. The molecule has 0 aromatic heterocycles. The van der Waals surface area contributed by atoms with Crippen molar-refractivity contribution in [2.75, 3.05) is 29.9 Å². The molecule has 2 aromatic rings. The van der Waals surface area contributed by atoms with Crippen molar-refractivity contribution >= 4 is 33.2 Å². The number of nitrogens with zero attached hydrogens (tertiary/aromatic N) is 2. The van der Waals surface area contributed by atoms with Crippen molar-refractivity contribution < 1.29 is 18.0 Å². The van der Waals surface area contributed by atoms with Gasteiger partial charge in [0.1, 0.15) is 0 Å². The summed E-state index contributed by atoms with van der Waals surface area (Å²) in [6.07, 6.45) is 4.05. The molecule has 1 atom stereocenters. The average molecular weight is 485 g/mol. The van der Waals surface area contributed by atoms with Gasteiger partial charge >= 0.3 is 0 Å². The SMILES string of the molecule is CC1CCCCN1S(=O)(=O)c1cccc(C(=O)Nc2ccccc2N2CCC(C(N)=O)CC2)c1. The summed E-state index contributed by atoms with van der Waals surface area (Å²) in [5.74, 6) is -0.761. The first-order chi connectivity index (χ1) is 16.3. The number of benzene rings is 2. The highest BCUT2D eigenvalue weighted by Crippen LogP contribution is 2.31. The minimum atomic E-state index is -3.67. The van der Waals surface area contributed by atoms with Gasteiger partial charge in [-0.1, -0.05) is 24.6 Å². The maximum absolute atomic E-state index is 13.2. The van der Waals surface area contributed by atoms with Crippen LogP contribution in [0.5, 0.6) is 0 Å². The predicted molar refractivity (Wildman–Crippen MR) is 132 cm³/mol. The summed E-state index contributed by atoms with van der Waals surface area (Å²) in [6, 6.07) is 13.7. The number of carbonyl (C=O) groups is 2. The van der Waals surface area contributed by atoms with E-state index >= 15 is 0 Å². The fourth-order valence-electron chi connectivity index (χ4n) is 4.82. The summed E-state index contributed by atoms with van der Waals surface area (Å²) < 4.78 is 28.0. The molecule has 4 rings (SSSR count). The van der Waals surface area contributed by atoms with Crippen LogP contribution in [0.15, 0.2) is 53.4 Å². The van der Waals surface area contributed by atoms with Gasteiger partial charge in [0.15, 0.2) is 0 Å². The van der Waals surface area contributed by atoms with E-state index < -0.39 is 10.0 Å². The van der Waals surface area contributed by atoms with Gasteiger partial charge in [-0.15, -0.1) is 0 Å². The van der Waals surface area contributed by atoms with Gasteiger partial charge in [0.05, 0.1) is 16.3 Å². The first-order valence-corrected chi connectivity index (χ1v) is 13.3. The van der Waals surface area contributed by atoms with E-state index in [1.807, 2.05) is 31.2 Å². The molecule has 9 heteroatoms. The summed E-state index contributed by atoms with van der Waals surface area (Å²) in [5, 5.41) is 2.94. The minimum Gasteiger partial charge on any atom is -0.370 e. The van der Waals surface area contributed by atoms with Gasteiger partial charge in [-0.05, 0) is 62.9 Å². The minimum absolute atomic E-state index is 0.0539. The number of carbonyl (C=O) groups excluding carboxylic acids is 2. The fourth-order valence-corrected chi connectivity index (χ4v) is 6.56. The number of hydrogen-bond donors (Lipinski definition) is 2. The molecule has 0 bridgehead atoms. The second kappa shape index (κ2) is 10.1. The van der Waals surface area contributed by atoms with Gasteiger partial charge in [0.2, 0.25) is 15.9 Å². The van der Waals surface area contributed by atoms with Crippen molar-refractivity contribution in [3.8, 4) is 0 Å². The number of sulfonamides is 1. The summed E-state index contributed by atoms with van der Waals surface area (Å²) in [5.41, 5.74) is 7.24. The lowest BCUT2D eigenvalue weighted by Crippen LogP contribution is -2.41. The number of nitrogens with one attached hydrogen (secondary N) is 1. The maximum atomic E-state index is 13.2. The third-order valence-corrected chi connectivity index (χ3v) is 8.84. The number of anilines is 2. The summed E-state index contributed by atoms with van der Waals surface area (Å²) in [7, 11) is -3.67. The standard InChI is InChI=1S/C25H32N4O4S/c1-18-7-4-5-14-29(18)34(32,33)21-9-6-8-20(17-21)25(31)27-22-10-2-3-11-23(22)28-15-12-19(13-16-28)24(26)30/h2-3,6,8-11,17-19H,4-5,7,12-16H2,1H3,(H2,26,30)(H,27,31). The van der Waals surface area contributed by atoms with Crippen molar-refractivity contribution in [3.63, 3.8) is 0 Å². The van der Waals surface area contributed by atoms with E-state index in [0.717, 1.165) is 24.9 Å². The lowest BCUT2D eigenvalue weighted by Gasteiger charge is -2.33. The van der Waals surface area contributed by atoms with E-state index in [1.165, 1.54) is 6.07 Å². The predicted octanol–water partition coefficient (Wildman–Crippen LogP) is 3.20. The topological polar surface area (TPSA) is 113 Å². The smallest absolute Gasteiger partial charge is 0.255 e. The van der Waals surface area contributed by atoms with Crippen LogP contribution in [0.25, 0.3) is 0 Å². The fraction of sp³-hybridized carbons (Fsp3) is 0.440. The lowest BCUT2D eigenvalue weighted by molar-refractivity contribution is -0.122. The Hall–Kier alpha value is -2.91. The van der Waals surface area contributed by atoms with Crippen LogP contribution in [-0.4, -0.2) is 50.2 Å². The van der Waals surface area contributed by atoms with E-state index in [2.05, 4.69) is 10.2 Å². The van der Waals surface area contributed by atoms with Crippen molar-refractivity contribution in [1.82, 2.24) is 4.31 Å². The third-order valence-electron chi connectivity index (χ3n) is 6.84. The Labute approximate surface area is 201 Å². The normalized spacial score (nSPS) is 20.1. The zero-order valence-electron chi connectivity index (χ0n) is 19.4. The number of primary amides is 1. The second-order valence-corrected chi connectivity index (χ2v) is 11.0. The molecule has 182 valence electrons. The quantitative estimate of drug-likeness (QED) is 0.654. The molecule has 0 saturated carbocycles. The van der Waals surface area contributed by atoms with E-state index in [4.69, 9.17) is 5.73 Å². The van der Waals surface area contributed by atoms with Crippen LogP contribution in [0.4, 0.5) is 11.4 Å². The number of piperidine rings is 2. The molecule has 2 amide bonds. The molecule has 0 aliphatic carbocycles. The molecule has 2 heterocycles. The molecular formula is C25H32N4O4S. The maximum Gasteiger partial charge on any atom is 0.255 e. The van der Waals surface area contributed by atoms with Gasteiger partial charge in [0.25, 0.3) is 5.91 Å². The van der Waals surface area contributed by atoms with Crippen molar-refractivity contribution in [3.05, 3.63) is 54.1 Å². The first kappa shape index (κ1) is 24.2. The number of hydrogen-bond acceptors (Lipinski definition) is 5. The van der Waals surface area contributed by atoms with Crippen LogP contribution >= 0.6 is 0 Å². The van der Waals surface area contributed by atoms with E-state index in [1.54, 1.807) is 22.5 Å². The molecule has 2 saturated heterocycles. The van der Waals surface area contributed by atoms with Gasteiger partial charge in [-0.3, -0.25) is 9.59 Å². The average Bonchev–Trinajstić information content (AvgIpc) is 2.84. The van der Waals surface area contributed by atoms with Gasteiger partial charge in [-0.2, -0.15) is 4.31 Å². The lowest BCUT2D eigenvalue weighted by atomic mass is 9.96. The molecule has 34 heavy (non-hydrogen) atoms. The molecule has 0 radical (unpaired) electrons. The van der Waals surface area contributed by atoms with Crippen LogP contribution in [0.2, 0.25) is 0 Å². The molecule has 2 aromatic carbocycles. The van der Waals surface area contributed by atoms with Crippen LogP contribution < -0.4 is 16.0 Å². The highest BCUT2D eigenvalue weighted by Gasteiger charge is 2.31.